The third kappa shape index (κ3) is 1.31. The van der Waals surface area contributed by atoms with E-state index in [0.29, 0.717) is 0 Å². The van der Waals surface area contributed by atoms with Gasteiger partial charge in [0.05, 0.1) is 0 Å². The molecule has 0 aromatic carbocycles. The van der Waals surface area contributed by atoms with Crippen LogP contribution in [-0.4, -0.2) is 44.4 Å². The summed E-state index contributed by atoms with van der Waals surface area (Å²) in [6.45, 7) is 0.164. The van der Waals surface area contributed by atoms with Gasteiger partial charge in [-0.3, -0.25) is 0 Å². The van der Waals surface area contributed by atoms with Crippen molar-refractivity contribution in [3.63, 3.8) is 0 Å². The second-order valence-electron chi connectivity index (χ2n) is 3.78. The van der Waals surface area contributed by atoms with Gasteiger partial charge in [-0.1, -0.05) is 6.55 Å². The summed E-state index contributed by atoms with van der Waals surface area (Å²) >= 11 is 0. The molecule has 1 saturated carbocycles. The van der Waals surface area contributed by atoms with Crippen molar-refractivity contribution in [1.29, 1.82) is 0 Å². The molecule has 112 valence electrons. The van der Waals surface area contributed by atoms with Gasteiger partial charge in [0.25, 0.3) is 0 Å². The lowest BCUT2D eigenvalue weighted by Crippen LogP contribution is -2.84. The van der Waals surface area contributed by atoms with Crippen molar-refractivity contribution in [2.24, 2.45) is 0 Å². The molecule has 1 fully saturated rings. The smallest absolute Gasteiger partial charge is 0.235 e. The number of alkyl halides is 11. The molecule has 1 aliphatic carbocycles. The van der Waals surface area contributed by atoms with E-state index in [1.54, 1.807) is 0 Å². The predicted molar refractivity (Wildman–Crippen MR) is 40.2 cm³/mol. The lowest BCUT2D eigenvalue weighted by molar-refractivity contribution is -0.471. The number of hydrogen-bond acceptors (Lipinski definition) is 0. The molecular weight excluding hydrogens is 321 g/mol. The van der Waals surface area contributed by atoms with Gasteiger partial charge in [0, 0.05) is 0 Å². The lowest BCUT2D eigenvalue weighted by Gasteiger charge is -2.52. The number of halogens is 11. The zero-order valence-corrected chi connectivity index (χ0v) is 9.66. The topological polar surface area (TPSA) is 0 Å². The van der Waals surface area contributed by atoms with E-state index in [9.17, 15) is 48.3 Å². The van der Waals surface area contributed by atoms with Crippen molar-refractivity contribution in [1.82, 2.24) is 0 Å². The van der Waals surface area contributed by atoms with Crippen LogP contribution in [0.5, 0.6) is 0 Å². The molecule has 0 nitrogen and oxygen atoms in total. The second kappa shape index (κ2) is 3.55. The van der Waals surface area contributed by atoms with Crippen LogP contribution in [0, 0.1) is 0 Å². The fourth-order valence-electron chi connectivity index (χ4n) is 1.54. The quantitative estimate of drug-likeness (QED) is 0.511. The molecule has 0 unspecified atom stereocenters. The minimum atomic E-state index is -7.11. The average molecular weight is 324 g/mol. The molecule has 1 rings (SSSR count). The minimum absolute atomic E-state index is 0.164. The largest absolute Gasteiger partial charge is 0.384 e. The van der Waals surface area contributed by atoms with Crippen molar-refractivity contribution in [2.45, 2.75) is 41.5 Å². The highest BCUT2D eigenvalue weighted by atomic mass is 28.2. The van der Waals surface area contributed by atoms with Crippen LogP contribution < -0.4 is 0 Å². The summed E-state index contributed by atoms with van der Waals surface area (Å²) in [7, 11) is -2.49. The Morgan fingerprint density at radius 3 is 0.895 bits per heavy atom. The van der Waals surface area contributed by atoms with Crippen LogP contribution in [0.15, 0.2) is 0 Å². The van der Waals surface area contributed by atoms with Crippen molar-refractivity contribution in [3.8, 4) is 0 Å². The first-order valence-corrected chi connectivity index (χ1v) is 5.83. The van der Waals surface area contributed by atoms with E-state index in [4.69, 9.17) is 0 Å². The summed E-state index contributed by atoms with van der Waals surface area (Å²) in [4.78, 5) is 0. The fourth-order valence-corrected chi connectivity index (χ4v) is 2.48. The van der Waals surface area contributed by atoms with Crippen LogP contribution in [0.3, 0.4) is 0 Å². The Bertz CT molecular complexity index is 357. The van der Waals surface area contributed by atoms with Gasteiger partial charge in [-0.25, -0.2) is 4.39 Å². The molecule has 0 spiro atoms. The Labute approximate surface area is 100 Å². The standard InChI is InChI=1S/C7H3F11Si/c1-19-7(18)5(14,15)3(10,11)2(8,9)4(12,13)6(7,16)17/h1H3. The van der Waals surface area contributed by atoms with Gasteiger partial charge < -0.3 is 0 Å². The summed E-state index contributed by atoms with van der Waals surface area (Å²) in [5, 5.41) is -5.78. The summed E-state index contributed by atoms with van der Waals surface area (Å²) < 4.78 is 141. The van der Waals surface area contributed by atoms with Crippen molar-refractivity contribution in [3.05, 3.63) is 0 Å². The molecule has 0 N–H and O–H groups in total. The highest BCUT2D eigenvalue weighted by Crippen LogP contribution is 2.68. The zero-order chi connectivity index (χ0) is 15.7. The molecular formula is C7H3F11Si. The van der Waals surface area contributed by atoms with Gasteiger partial charge in [-0.2, -0.15) is 43.9 Å². The minimum Gasteiger partial charge on any atom is -0.235 e. The van der Waals surface area contributed by atoms with Crippen LogP contribution in [0.2, 0.25) is 6.55 Å². The van der Waals surface area contributed by atoms with Gasteiger partial charge in [-0.05, 0) is 0 Å². The van der Waals surface area contributed by atoms with Gasteiger partial charge in [0.15, 0.2) is 0 Å². The van der Waals surface area contributed by atoms with E-state index in [1.165, 1.54) is 0 Å². The van der Waals surface area contributed by atoms with Crippen LogP contribution in [0.25, 0.3) is 0 Å². The van der Waals surface area contributed by atoms with E-state index in [0.717, 1.165) is 0 Å². The van der Waals surface area contributed by atoms with Gasteiger partial charge >= 0.3 is 29.6 Å². The second-order valence-corrected chi connectivity index (χ2v) is 4.97. The molecule has 2 radical (unpaired) electrons. The average Bonchev–Trinajstić information content (AvgIpc) is 2.24. The van der Waals surface area contributed by atoms with Gasteiger partial charge in [-0.15, -0.1) is 0 Å². The Balaban J connectivity index is 3.76. The predicted octanol–water partition coefficient (Wildman–Crippen LogP) is 3.59. The monoisotopic (exact) mass is 324 g/mol. The zero-order valence-electron chi connectivity index (χ0n) is 8.66. The summed E-state index contributed by atoms with van der Waals surface area (Å²) in [6.07, 6.45) is 0. The van der Waals surface area contributed by atoms with E-state index in [2.05, 4.69) is 0 Å². The van der Waals surface area contributed by atoms with Crippen LogP contribution in [-0.2, 0) is 0 Å². The number of hydrogen-bond donors (Lipinski definition) is 0. The molecule has 0 saturated heterocycles. The first-order chi connectivity index (χ1) is 8.06. The first kappa shape index (κ1) is 16.5. The molecule has 12 heteroatoms. The Hall–Kier alpha value is -0.553. The van der Waals surface area contributed by atoms with E-state index in [-0.39, 0.29) is 6.55 Å². The Kier molecular flexibility index (Phi) is 3.09. The third-order valence-electron chi connectivity index (χ3n) is 2.79. The summed E-state index contributed by atoms with van der Waals surface area (Å²) in [6, 6.07) is 0. The summed E-state index contributed by atoms with van der Waals surface area (Å²) in [5.41, 5.74) is 0. The lowest BCUT2D eigenvalue weighted by atomic mass is 9.80. The Morgan fingerprint density at radius 2 is 0.684 bits per heavy atom. The Morgan fingerprint density at radius 1 is 0.474 bits per heavy atom. The number of rotatable bonds is 1. The maximum absolute atomic E-state index is 13.4. The molecule has 0 aromatic heterocycles. The highest BCUT2D eigenvalue weighted by molar-refractivity contribution is 6.39. The van der Waals surface area contributed by atoms with Gasteiger partial charge in [0.1, 0.15) is 9.52 Å². The van der Waals surface area contributed by atoms with Crippen LogP contribution in [0.4, 0.5) is 48.3 Å². The molecule has 0 aromatic rings. The normalized spacial score (nSPS) is 32.8. The van der Waals surface area contributed by atoms with E-state index in [1.807, 2.05) is 0 Å². The van der Waals surface area contributed by atoms with Crippen LogP contribution >= 0.6 is 0 Å². The molecule has 0 bridgehead atoms. The summed E-state index contributed by atoms with van der Waals surface area (Å²) in [5.74, 6) is -34.4. The van der Waals surface area contributed by atoms with Crippen molar-refractivity contribution >= 4 is 9.52 Å². The molecule has 0 atom stereocenters. The van der Waals surface area contributed by atoms with Crippen molar-refractivity contribution < 1.29 is 48.3 Å². The first-order valence-electron chi connectivity index (χ1n) is 4.33. The molecule has 19 heavy (non-hydrogen) atoms. The molecule has 1 aliphatic rings. The fraction of sp³-hybridized carbons (Fsp3) is 1.00. The van der Waals surface area contributed by atoms with Crippen molar-refractivity contribution in [2.75, 3.05) is 0 Å². The molecule has 0 aliphatic heterocycles. The van der Waals surface area contributed by atoms with E-state index >= 15 is 0 Å². The SMILES string of the molecule is C[Si]C1(F)C(F)(F)C(F)(F)C(F)(F)C(F)(F)C1(F)F. The highest BCUT2D eigenvalue weighted by Gasteiger charge is 3.00. The maximum atomic E-state index is 13.4. The maximum Gasteiger partial charge on any atom is 0.384 e. The third-order valence-corrected chi connectivity index (χ3v) is 4.10. The van der Waals surface area contributed by atoms with Crippen LogP contribution in [0.1, 0.15) is 0 Å². The van der Waals surface area contributed by atoms with Gasteiger partial charge in [0.2, 0.25) is 5.29 Å². The molecule has 0 amide bonds. The molecule has 0 heterocycles. The van der Waals surface area contributed by atoms with E-state index < -0.39 is 44.4 Å².